The fourth-order valence-corrected chi connectivity index (χ4v) is 5.06. The summed E-state index contributed by atoms with van der Waals surface area (Å²) in [6, 6.07) is 16.3. The Morgan fingerprint density at radius 1 is 1.09 bits per heavy atom. The number of rotatable bonds is 6. The molecule has 5 rings (SSSR count). The summed E-state index contributed by atoms with van der Waals surface area (Å²) in [7, 11) is 0. The molecular weight excluding hydrogens is 424 g/mol. The van der Waals surface area contributed by atoms with E-state index in [-0.39, 0.29) is 12.7 Å². The second-order valence-corrected chi connectivity index (χ2v) is 9.11. The summed E-state index contributed by atoms with van der Waals surface area (Å²) in [6.07, 6.45) is 3.36. The smallest absolute Gasteiger partial charge is 0.233 e. The molecule has 0 aliphatic carbocycles. The van der Waals surface area contributed by atoms with Gasteiger partial charge in [-0.1, -0.05) is 48.2 Å². The Kier molecular flexibility index (Phi) is 6.03. The second-order valence-electron chi connectivity index (χ2n) is 8.17. The lowest BCUT2D eigenvalue weighted by molar-refractivity contribution is -0.131. The SMILES string of the molecule is CC1CCCCN1C(=O)CSc1nnc(-c2ccccc2)n1Cc1ccc2c(c1)OCO2. The molecule has 1 saturated heterocycles. The monoisotopic (exact) mass is 450 g/mol. The molecule has 1 amide bonds. The molecule has 0 N–H and O–H groups in total. The lowest BCUT2D eigenvalue weighted by atomic mass is 10.0. The van der Waals surface area contributed by atoms with Crippen molar-refractivity contribution in [3.05, 3.63) is 54.1 Å². The summed E-state index contributed by atoms with van der Waals surface area (Å²) >= 11 is 1.45. The molecule has 2 aliphatic heterocycles. The van der Waals surface area contributed by atoms with Gasteiger partial charge in [-0.15, -0.1) is 10.2 Å². The maximum atomic E-state index is 12.9. The third kappa shape index (κ3) is 4.32. The Morgan fingerprint density at radius 2 is 1.94 bits per heavy atom. The molecule has 2 aromatic carbocycles. The predicted octanol–water partition coefficient (Wildman–Crippen LogP) is 4.22. The van der Waals surface area contributed by atoms with Crippen molar-refractivity contribution in [2.24, 2.45) is 0 Å². The number of carbonyl (C=O) groups is 1. The number of likely N-dealkylation sites (tertiary alicyclic amines) is 1. The summed E-state index contributed by atoms with van der Waals surface area (Å²) in [5.41, 5.74) is 2.05. The van der Waals surface area contributed by atoms with E-state index >= 15 is 0 Å². The summed E-state index contributed by atoms with van der Waals surface area (Å²) < 4.78 is 13.1. The minimum atomic E-state index is 0.168. The number of ether oxygens (including phenoxy) is 2. The van der Waals surface area contributed by atoms with Gasteiger partial charge in [-0.25, -0.2) is 0 Å². The van der Waals surface area contributed by atoms with Crippen LogP contribution in [0.15, 0.2) is 53.7 Å². The van der Waals surface area contributed by atoms with Crippen molar-refractivity contribution in [3.8, 4) is 22.9 Å². The first-order chi connectivity index (χ1) is 15.7. The maximum Gasteiger partial charge on any atom is 0.233 e. The van der Waals surface area contributed by atoms with Crippen LogP contribution >= 0.6 is 11.8 Å². The van der Waals surface area contributed by atoms with Crippen molar-refractivity contribution in [1.82, 2.24) is 19.7 Å². The fourth-order valence-electron chi connectivity index (χ4n) is 4.24. The molecule has 1 atom stereocenters. The van der Waals surface area contributed by atoms with Gasteiger partial charge in [-0.3, -0.25) is 9.36 Å². The summed E-state index contributed by atoms with van der Waals surface area (Å²) in [5, 5.41) is 9.65. The molecule has 166 valence electrons. The maximum absolute atomic E-state index is 12.9. The van der Waals surface area contributed by atoms with Gasteiger partial charge < -0.3 is 14.4 Å². The standard InChI is InChI=1S/C24H26N4O3S/c1-17-7-5-6-12-27(17)22(29)15-32-24-26-25-23(19-8-3-2-4-9-19)28(24)14-18-10-11-20-21(13-18)31-16-30-20/h2-4,8-11,13,17H,5-7,12,14-16H2,1H3. The largest absolute Gasteiger partial charge is 0.454 e. The number of carbonyl (C=O) groups excluding carboxylic acids is 1. The van der Waals surface area contributed by atoms with Crippen LogP contribution < -0.4 is 9.47 Å². The lowest BCUT2D eigenvalue weighted by Crippen LogP contribution is -2.43. The van der Waals surface area contributed by atoms with E-state index in [1.807, 2.05) is 53.4 Å². The highest BCUT2D eigenvalue weighted by atomic mass is 32.2. The van der Waals surface area contributed by atoms with Crippen LogP contribution in [0.5, 0.6) is 11.5 Å². The summed E-state index contributed by atoms with van der Waals surface area (Å²) in [6.45, 7) is 3.81. The van der Waals surface area contributed by atoms with Crippen molar-refractivity contribution in [2.45, 2.75) is 43.9 Å². The number of hydrogen-bond acceptors (Lipinski definition) is 6. The lowest BCUT2D eigenvalue weighted by Gasteiger charge is -2.33. The van der Waals surface area contributed by atoms with Gasteiger partial charge in [0, 0.05) is 18.2 Å². The van der Waals surface area contributed by atoms with Crippen LogP contribution in [0.4, 0.5) is 0 Å². The number of amides is 1. The number of nitrogens with zero attached hydrogens (tertiary/aromatic N) is 4. The van der Waals surface area contributed by atoms with Gasteiger partial charge >= 0.3 is 0 Å². The third-order valence-corrected chi connectivity index (χ3v) is 6.93. The van der Waals surface area contributed by atoms with E-state index in [4.69, 9.17) is 9.47 Å². The van der Waals surface area contributed by atoms with E-state index < -0.39 is 0 Å². The van der Waals surface area contributed by atoms with Crippen LogP contribution in [-0.4, -0.2) is 50.7 Å². The summed E-state index contributed by atoms with van der Waals surface area (Å²) in [4.78, 5) is 14.9. The molecule has 32 heavy (non-hydrogen) atoms. The van der Waals surface area contributed by atoms with Gasteiger partial charge in [0.1, 0.15) is 0 Å². The number of benzene rings is 2. The molecule has 0 bridgehead atoms. The minimum absolute atomic E-state index is 0.168. The highest BCUT2D eigenvalue weighted by Crippen LogP contribution is 2.34. The van der Waals surface area contributed by atoms with Crippen LogP contribution in [0, 0.1) is 0 Å². The van der Waals surface area contributed by atoms with Crippen LogP contribution in [0.25, 0.3) is 11.4 Å². The van der Waals surface area contributed by atoms with E-state index in [0.717, 1.165) is 53.0 Å². The molecule has 3 aromatic rings. The predicted molar refractivity (Wildman–Crippen MR) is 123 cm³/mol. The first kappa shape index (κ1) is 20.9. The molecule has 0 saturated carbocycles. The minimum Gasteiger partial charge on any atom is -0.454 e. The molecular formula is C24H26N4O3S. The van der Waals surface area contributed by atoms with Gasteiger partial charge in [0.15, 0.2) is 22.5 Å². The topological polar surface area (TPSA) is 69.5 Å². The van der Waals surface area contributed by atoms with Crippen molar-refractivity contribution in [2.75, 3.05) is 19.1 Å². The molecule has 1 aromatic heterocycles. The zero-order chi connectivity index (χ0) is 21.9. The Balaban J connectivity index is 1.40. The third-order valence-electron chi connectivity index (χ3n) is 5.97. The van der Waals surface area contributed by atoms with Crippen molar-refractivity contribution < 1.29 is 14.3 Å². The van der Waals surface area contributed by atoms with E-state index in [1.54, 1.807) is 0 Å². The molecule has 3 heterocycles. The Hall–Kier alpha value is -3.00. The van der Waals surface area contributed by atoms with Crippen molar-refractivity contribution in [3.63, 3.8) is 0 Å². The van der Waals surface area contributed by atoms with Gasteiger partial charge in [0.25, 0.3) is 0 Å². The van der Waals surface area contributed by atoms with E-state index in [0.29, 0.717) is 18.3 Å². The Morgan fingerprint density at radius 3 is 2.78 bits per heavy atom. The van der Waals surface area contributed by atoms with Crippen LogP contribution in [0.3, 0.4) is 0 Å². The Bertz CT molecular complexity index is 1100. The quantitative estimate of drug-likeness (QED) is 0.524. The molecule has 2 aliphatic rings. The normalized spacial score (nSPS) is 17.5. The highest BCUT2D eigenvalue weighted by Gasteiger charge is 2.24. The molecule has 1 unspecified atom stereocenters. The van der Waals surface area contributed by atoms with Crippen LogP contribution in [-0.2, 0) is 11.3 Å². The molecule has 1 fully saturated rings. The van der Waals surface area contributed by atoms with Crippen molar-refractivity contribution in [1.29, 1.82) is 0 Å². The molecule has 0 radical (unpaired) electrons. The number of fused-ring (bicyclic) bond motifs is 1. The average Bonchev–Trinajstić information content (AvgIpc) is 3.45. The first-order valence-electron chi connectivity index (χ1n) is 11.0. The second kappa shape index (κ2) is 9.24. The molecule has 0 spiro atoms. The van der Waals surface area contributed by atoms with Crippen molar-refractivity contribution >= 4 is 17.7 Å². The first-order valence-corrected chi connectivity index (χ1v) is 12.0. The zero-order valence-electron chi connectivity index (χ0n) is 18.1. The zero-order valence-corrected chi connectivity index (χ0v) is 18.9. The van der Waals surface area contributed by atoms with E-state index in [2.05, 4.69) is 21.7 Å². The summed E-state index contributed by atoms with van der Waals surface area (Å²) in [5.74, 6) is 2.82. The number of hydrogen-bond donors (Lipinski definition) is 0. The number of thioether (sulfide) groups is 1. The van der Waals surface area contributed by atoms with Gasteiger partial charge in [0.2, 0.25) is 12.7 Å². The molecule has 7 nitrogen and oxygen atoms in total. The average molecular weight is 451 g/mol. The number of aromatic nitrogens is 3. The fraction of sp³-hybridized carbons (Fsp3) is 0.375. The van der Waals surface area contributed by atoms with E-state index in [1.165, 1.54) is 18.2 Å². The van der Waals surface area contributed by atoms with Crippen LogP contribution in [0.2, 0.25) is 0 Å². The van der Waals surface area contributed by atoms with Crippen LogP contribution in [0.1, 0.15) is 31.7 Å². The van der Waals surface area contributed by atoms with E-state index in [9.17, 15) is 4.79 Å². The highest BCUT2D eigenvalue weighted by molar-refractivity contribution is 7.99. The van der Waals surface area contributed by atoms with Gasteiger partial charge in [-0.2, -0.15) is 0 Å². The molecule has 8 heteroatoms. The Labute approximate surface area is 191 Å². The van der Waals surface area contributed by atoms with Gasteiger partial charge in [-0.05, 0) is 43.9 Å². The number of piperidine rings is 1. The van der Waals surface area contributed by atoms with Gasteiger partial charge in [0.05, 0.1) is 12.3 Å².